The third kappa shape index (κ3) is 3.13. The molecule has 1 fully saturated rings. The molecule has 2 rings (SSSR count). The smallest absolute Gasteiger partial charge is 0.369 e. The molecule has 0 spiro atoms. The van der Waals surface area contributed by atoms with Crippen LogP contribution in [0.25, 0.3) is 0 Å². The Hall–Kier alpha value is -1.77. The molecule has 6 heteroatoms. The van der Waals surface area contributed by atoms with Gasteiger partial charge < -0.3 is 5.32 Å². The predicted molar refractivity (Wildman–Crippen MR) is 59.8 cm³/mol. The van der Waals surface area contributed by atoms with E-state index >= 15 is 0 Å². The van der Waals surface area contributed by atoms with Crippen LogP contribution in [0.3, 0.4) is 0 Å². The Kier molecular flexibility index (Phi) is 3.41. The highest BCUT2D eigenvalue weighted by atomic mass is 19.4. The molecule has 1 N–H and O–H groups in total. The maximum Gasteiger partial charge on any atom is 0.433 e. The quantitative estimate of drug-likeness (QED) is 0.898. The van der Waals surface area contributed by atoms with Gasteiger partial charge in [-0.25, -0.2) is 4.98 Å². The highest BCUT2D eigenvalue weighted by Crippen LogP contribution is 2.32. The van der Waals surface area contributed by atoms with Crippen molar-refractivity contribution in [2.75, 3.05) is 11.9 Å². The van der Waals surface area contributed by atoms with Gasteiger partial charge in [0.2, 0.25) is 0 Å². The number of aromatic nitrogens is 1. The van der Waals surface area contributed by atoms with Crippen molar-refractivity contribution in [2.24, 2.45) is 5.92 Å². The summed E-state index contributed by atoms with van der Waals surface area (Å²) in [6, 6.07) is 3.81. The normalized spacial score (nSPS) is 15.2. The maximum absolute atomic E-state index is 12.5. The van der Waals surface area contributed by atoms with Crippen LogP contribution in [0.4, 0.5) is 19.0 Å². The third-order valence-corrected chi connectivity index (χ3v) is 2.85. The molecule has 1 aromatic heterocycles. The van der Waals surface area contributed by atoms with Crippen LogP contribution in [0.5, 0.6) is 0 Å². The van der Waals surface area contributed by atoms with E-state index in [9.17, 15) is 13.2 Å². The summed E-state index contributed by atoms with van der Waals surface area (Å²) in [6.07, 6.45) is -1.21. The molecule has 96 valence electrons. The average Bonchev–Trinajstić information content (AvgIpc) is 3.12. The van der Waals surface area contributed by atoms with Gasteiger partial charge in [-0.05, 0) is 24.5 Å². The lowest BCUT2D eigenvalue weighted by molar-refractivity contribution is -0.141. The fourth-order valence-electron chi connectivity index (χ4n) is 1.64. The Morgan fingerprint density at radius 1 is 1.39 bits per heavy atom. The van der Waals surface area contributed by atoms with E-state index in [0.29, 0.717) is 12.5 Å². The summed E-state index contributed by atoms with van der Waals surface area (Å²) < 4.78 is 37.5. The number of anilines is 1. The van der Waals surface area contributed by atoms with E-state index < -0.39 is 11.9 Å². The van der Waals surface area contributed by atoms with Crippen LogP contribution < -0.4 is 5.32 Å². The van der Waals surface area contributed by atoms with E-state index in [2.05, 4.69) is 10.3 Å². The van der Waals surface area contributed by atoms with Crippen LogP contribution in [0.1, 0.15) is 30.5 Å². The summed E-state index contributed by atoms with van der Waals surface area (Å²) in [4.78, 5) is 3.47. The molecular weight excluding hydrogens is 243 g/mol. The first-order valence-corrected chi connectivity index (χ1v) is 5.73. The fraction of sp³-hybridized carbons (Fsp3) is 0.500. The number of hydrogen-bond acceptors (Lipinski definition) is 3. The Bertz CT molecular complexity index is 472. The molecule has 0 bridgehead atoms. The molecule has 1 aliphatic rings. The Morgan fingerprint density at radius 3 is 2.67 bits per heavy atom. The Labute approximate surface area is 103 Å². The molecule has 1 aromatic rings. The van der Waals surface area contributed by atoms with Gasteiger partial charge in [-0.1, -0.05) is 12.8 Å². The first-order valence-electron chi connectivity index (χ1n) is 5.73. The minimum absolute atomic E-state index is 0.0213. The molecule has 0 atom stereocenters. The molecule has 18 heavy (non-hydrogen) atoms. The van der Waals surface area contributed by atoms with Crippen molar-refractivity contribution >= 4 is 5.82 Å². The van der Waals surface area contributed by atoms with Crippen molar-refractivity contribution in [3.05, 3.63) is 23.4 Å². The van der Waals surface area contributed by atoms with Crippen molar-refractivity contribution in [2.45, 2.75) is 25.4 Å². The number of nitriles is 1. The van der Waals surface area contributed by atoms with Gasteiger partial charge in [0.05, 0.1) is 5.56 Å². The summed E-state index contributed by atoms with van der Waals surface area (Å²) in [5.41, 5.74) is -0.839. The standard InChI is InChI=1S/C12H12F3N3/c13-12(14,15)10-4-3-9(7-16)11(18-10)17-6-5-8-1-2-8/h3-4,8H,1-2,5-6H2,(H,17,18). The molecular formula is C12H12F3N3. The lowest BCUT2D eigenvalue weighted by atomic mass is 10.2. The van der Waals surface area contributed by atoms with Crippen molar-refractivity contribution in [3.8, 4) is 6.07 Å². The van der Waals surface area contributed by atoms with Gasteiger partial charge in [-0.2, -0.15) is 18.4 Å². The van der Waals surface area contributed by atoms with Gasteiger partial charge >= 0.3 is 6.18 Å². The van der Waals surface area contributed by atoms with Gasteiger partial charge in [0.25, 0.3) is 0 Å². The van der Waals surface area contributed by atoms with E-state index in [1.807, 2.05) is 6.07 Å². The zero-order valence-corrected chi connectivity index (χ0v) is 9.59. The number of hydrogen-bond donors (Lipinski definition) is 1. The van der Waals surface area contributed by atoms with Crippen LogP contribution in [0, 0.1) is 17.2 Å². The molecule has 3 nitrogen and oxygen atoms in total. The Balaban J connectivity index is 2.11. The second-order valence-electron chi connectivity index (χ2n) is 4.36. The molecule has 0 saturated heterocycles. The second-order valence-corrected chi connectivity index (χ2v) is 4.36. The summed E-state index contributed by atoms with van der Waals surface area (Å²) in [5, 5.41) is 11.6. The Morgan fingerprint density at radius 2 is 2.11 bits per heavy atom. The van der Waals surface area contributed by atoms with Crippen molar-refractivity contribution < 1.29 is 13.2 Å². The monoisotopic (exact) mass is 255 g/mol. The van der Waals surface area contributed by atoms with E-state index in [1.165, 1.54) is 12.8 Å². The number of nitrogens with one attached hydrogen (secondary N) is 1. The third-order valence-electron chi connectivity index (χ3n) is 2.85. The number of pyridine rings is 1. The van der Waals surface area contributed by atoms with Crippen molar-refractivity contribution in [1.29, 1.82) is 5.26 Å². The van der Waals surface area contributed by atoms with Gasteiger partial charge in [0, 0.05) is 6.54 Å². The highest BCUT2D eigenvalue weighted by Gasteiger charge is 2.33. The molecule has 0 amide bonds. The van der Waals surface area contributed by atoms with Crippen LogP contribution in [-0.4, -0.2) is 11.5 Å². The molecule has 1 aliphatic carbocycles. The second kappa shape index (κ2) is 4.84. The number of rotatable bonds is 4. The average molecular weight is 255 g/mol. The minimum Gasteiger partial charge on any atom is -0.369 e. The van der Waals surface area contributed by atoms with Crippen molar-refractivity contribution in [1.82, 2.24) is 4.98 Å². The first-order chi connectivity index (χ1) is 8.50. The molecule has 0 radical (unpaired) electrons. The molecule has 0 aliphatic heterocycles. The summed E-state index contributed by atoms with van der Waals surface area (Å²) in [7, 11) is 0. The fourth-order valence-corrected chi connectivity index (χ4v) is 1.64. The predicted octanol–water partition coefficient (Wildman–Crippen LogP) is 3.18. The first kappa shape index (κ1) is 12.7. The lowest BCUT2D eigenvalue weighted by Crippen LogP contribution is -2.12. The number of nitrogens with zero attached hydrogens (tertiary/aromatic N) is 2. The zero-order chi connectivity index (χ0) is 13.2. The summed E-state index contributed by atoms with van der Waals surface area (Å²) >= 11 is 0. The largest absolute Gasteiger partial charge is 0.433 e. The molecule has 0 aromatic carbocycles. The van der Waals surface area contributed by atoms with Gasteiger partial charge in [-0.15, -0.1) is 0 Å². The number of halogens is 3. The van der Waals surface area contributed by atoms with E-state index in [1.54, 1.807) is 0 Å². The van der Waals surface area contributed by atoms with Crippen LogP contribution in [0.15, 0.2) is 12.1 Å². The SMILES string of the molecule is N#Cc1ccc(C(F)(F)F)nc1NCCC1CC1. The summed E-state index contributed by atoms with van der Waals surface area (Å²) in [5.74, 6) is 0.696. The highest BCUT2D eigenvalue weighted by molar-refractivity contribution is 5.52. The van der Waals surface area contributed by atoms with Gasteiger partial charge in [0.15, 0.2) is 0 Å². The van der Waals surface area contributed by atoms with Gasteiger partial charge in [0.1, 0.15) is 17.6 Å². The number of alkyl halides is 3. The zero-order valence-electron chi connectivity index (χ0n) is 9.59. The topological polar surface area (TPSA) is 48.7 Å². The van der Waals surface area contributed by atoms with Crippen LogP contribution >= 0.6 is 0 Å². The van der Waals surface area contributed by atoms with E-state index in [0.717, 1.165) is 18.6 Å². The van der Waals surface area contributed by atoms with Crippen LogP contribution in [0.2, 0.25) is 0 Å². The molecule has 1 saturated carbocycles. The van der Waals surface area contributed by atoms with E-state index in [4.69, 9.17) is 5.26 Å². The molecule has 0 unspecified atom stereocenters. The maximum atomic E-state index is 12.5. The summed E-state index contributed by atoms with van der Waals surface area (Å²) in [6.45, 7) is 0.549. The van der Waals surface area contributed by atoms with Crippen molar-refractivity contribution in [3.63, 3.8) is 0 Å². The molecule has 1 heterocycles. The lowest BCUT2D eigenvalue weighted by Gasteiger charge is -2.10. The van der Waals surface area contributed by atoms with E-state index in [-0.39, 0.29) is 11.4 Å². The minimum atomic E-state index is -4.49. The van der Waals surface area contributed by atoms with Gasteiger partial charge in [-0.3, -0.25) is 0 Å². The van der Waals surface area contributed by atoms with Crippen LogP contribution in [-0.2, 0) is 6.18 Å².